The van der Waals surface area contributed by atoms with Gasteiger partial charge in [0.15, 0.2) is 0 Å². The zero-order valence-electron chi connectivity index (χ0n) is 17.6. The molecule has 1 fully saturated rings. The van der Waals surface area contributed by atoms with Gasteiger partial charge in [0.2, 0.25) is 11.9 Å². The summed E-state index contributed by atoms with van der Waals surface area (Å²) in [5, 5.41) is 3.00. The predicted molar refractivity (Wildman–Crippen MR) is 119 cm³/mol. The lowest BCUT2D eigenvalue weighted by Gasteiger charge is -2.19. The molecule has 5 rings (SSSR count). The first-order chi connectivity index (χ1) is 15.2. The molecule has 0 unspecified atom stereocenters. The van der Waals surface area contributed by atoms with Crippen LogP contribution < -0.4 is 10.2 Å². The topological polar surface area (TPSA) is 76.5 Å². The summed E-state index contributed by atoms with van der Waals surface area (Å²) in [7, 11) is 0. The van der Waals surface area contributed by atoms with Crippen LogP contribution in [0.1, 0.15) is 37.8 Å². The number of fused-ring (bicyclic) bond motifs is 3. The number of carbonyl (C=O) groups is 2. The summed E-state index contributed by atoms with van der Waals surface area (Å²) in [5.74, 6) is 0.332. The van der Waals surface area contributed by atoms with Crippen LogP contribution in [0.2, 0.25) is 0 Å². The zero-order chi connectivity index (χ0) is 21.4. The van der Waals surface area contributed by atoms with Gasteiger partial charge in [-0.25, -0.2) is 4.98 Å². The molecule has 1 aromatic heterocycles. The number of hydrogen-bond acceptors (Lipinski definition) is 4. The Bertz CT molecular complexity index is 1130. The quantitative estimate of drug-likeness (QED) is 0.662. The number of aryl methyl sites for hydroxylation is 1. The number of para-hydroxylation sites is 3. The molecular formula is C24H26N4O3. The number of amides is 2. The highest BCUT2D eigenvalue weighted by molar-refractivity contribution is 6.05. The summed E-state index contributed by atoms with van der Waals surface area (Å²) < 4.78 is 7.68. The van der Waals surface area contributed by atoms with Crippen LogP contribution in [0.5, 0.6) is 0 Å². The average molecular weight is 418 g/mol. The number of hydrogen-bond donors (Lipinski definition) is 1. The second kappa shape index (κ2) is 8.15. The van der Waals surface area contributed by atoms with E-state index < -0.39 is 6.04 Å². The van der Waals surface area contributed by atoms with E-state index in [9.17, 15) is 9.59 Å². The van der Waals surface area contributed by atoms with Crippen molar-refractivity contribution in [3.63, 3.8) is 0 Å². The molecule has 31 heavy (non-hydrogen) atoms. The molecule has 160 valence electrons. The van der Waals surface area contributed by atoms with Crippen LogP contribution in [-0.2, 0) is 20.7 Å². The summed E-state index contributed by atoms with van der Waals surface area (Å²) >= 11 is 0. The molecule has 0 bridgehead atoms. The Morgan fingerprint density at radius 3 is 2.81 bits per heavy atom. The van der Waals surface area contributed by atoms with Gasteiger partial charge in [0.25, 0.3) is 5.91 Å². The first-order valence-electron chi connectivity index (χ1n) is 10.9. The first-order valence-corrected chi connectivity index (χ1v) is 10.9. The van der Waals surface area contributed by atoms with Gasteiger partial charge in [0.05, 0.1) is 30.1 Å². The number of nitrogens with zero attached hydrogens (tertiary/aromatic N) is 3. The van der Waals surface area contributed by atoms with E-state index in [1.54, 1.807) is 4.90 Å². The standard InChI is InChI=1S/C24H26N4O3/c1-2-16-8-3-4-10-18(16)25-22(29)14-21-23(30)27(15-17-9-7-13-31-17)24-26-19-11-5-6-12-20(19)28(21)24/h3-6,8,10-12,17,21H,2,7,9,13-15H2,1H3,(H,25,29)/t17-,21+/m0/s1. The van der Waals surface area contributed by atoms with E-state index in [4.69, 9.17) is 9.72 Å². The fourth-order valence-electron chi connectivity index (χ4n) is 4.59. The largest absolute Gasteiger partial charge is 0.376 e. The van der Waals surface area contributed by atoms with E-state index in [1.165, 1.54) is 0 Å². The highest BCUT2D eigenvalue weighted by Gasteiger charge is 2.42. The van der Waals surface area contributed by atoms with E-state index in [1.807, 2.05) is 53.1 Å². The molecule has 2 amide bonds. The van der Waals surface area contributed by atoms with Crippen molar-refractivity contribution >= 4 is 34.5 Å². The normalized spacial score (nSPS) is 20.4. The van der Waals surface area contributed by atoms with Gasteiger partial charge in [0, 0.05) is 12.3 Å². The number of aromatic nitrogens is 2. The third-order valence-corrected chi connectivity index (χ3v) is 6.14. The Labute approximate surface area is 181 Å². The molecule has 3 aromatic rings. The van der Waals surface area contributed by atoms with Crippen molar-refractivity contribution in [1.29, 1.82) is 0 Å². The molecule has 0 aliphatic carbocycles. The molecule has 3 heterocycles. The van der Waals surface area contributed by atoms with E-state index in [2.05, 4.69) is 12.2 Å². The lowest BCUT2D eigenvalue weighted by Crippen LogP contribution is -2.37. The van der Waals surface area contributed by atoms with Crippen LogP contribution in [0.3, 0.4) is 0 Å². The predicted octanol–water partition coefficient (Wildman–Crippen LogP) is 3.69. The molecule has 7 heteroatoms. The smallest absolute Gasteiger partial charge is 0.253 e. The van der Waals surface area contributed by atoms with Crippen molar-refractivity contribution in [2.24, 2.45) is 0 Å². The molecule has 7 nitrogen and oxygen atoms in total. The lowest BCUT2D eigenvalue weighted by molar-refractivity contribution is -0.124. The van der Waals surface area contributed by atoms with Crippen LogP contribution in [0, 0.1) is 0 Å². The van der Waals surface area contributed by atoms with Gasteiger partial charge in [-0.3, -0.25) is 19.1 Å². The summed E-state index contributed by atoms with van der Waals surface area (Å²) in [4.78, 5) is 32.8. The third-order valence-electron chi connectivity index (χ3n) is 6.14. The molecule has 0 saturated carbocycles. The van der Waals surface area contributed by atoms with Gasteiger partial charge < -0.3 is 10.1 Å². The number of nitrogens with one attached hydrogen (secondary N) is 1. The molecule has 2 aliphatic heterocycles. The van der Waals surface area contributed by atoms with E-state index >= 15 is 0 Å². The maximum Gasteiger partial charge on any atom is 0.253 e. The molecule has 0 spiro atoms. The first kappa shape index (κ1) is 19.8. The Hall–Kier alpha value is -3.19. The molecule has 2 aromatic carbocycles. The zero-order valence-corrected chi connectivity index (χ0v) is 17.6. The van der Waals surface area contributed by atoms with Crippen LogP contribution >= 0.6 is 0 Å². The Morgan fingerprint density at radius 2 is 2.00 bits per heavy atom. The highest BCUT2D eigenvalue weighted by Crippen LogP contribution is 2.37. The molecule has 1 saturated heterocycles. The fraction of sp³-hybridized carbons (Fsp3) is 0.375. The number of benzene rings is 2. The maximum atomic E-state index is 13.4. The lowest BCUT2D eigenvalue weighted by atomic mass is 10.1. The minimum atomic E-state index is -0.613. The minimum absolute atomic E-state index is 0.0150. The third kappa shape index (κ3) is 3.59. The van der Waals surface area contributed by atoms with Gasteiger partial charge in [-0.05, 0) is 43.0 Å². The summed E-state index contributed by atoms with van der Waals surface area (Å²) in [5.41, 5.74) is 3.56. The van der Waals surface area contributed by atoms with Gasteiger partial charge >= 0.3 is 0 Å². The van der Waals surface area contributed by atoms with E-state index in [-0.39, 0.29) is 24.3 Å². The van der Waals surface area contributed by atoms with Crippen molar-refractivity contribution in [2.75, 3.05) is 23.4 Å². The Balaban J connectivity index is 1.44. The highest BCUT2D eigenvalue weighted by atomic mass is 16.5. The average Bonchev–Trinajstić information content (AvgIpc) is 3.48. The monoisotopic (exact) mass is 418 g/mol. The van der Waals surface area contributed by atoms with Crippen molar-refractivity contribution in [2.45, 2.75) is 44.8 Å². The number of ether oxygens (including phenoxy) is 1. The second-order valence-electron chi connectivity index (χ2n) is 8.13. The van der Waals surface area contributed by atoms with Crippen LogP contribution in [0.25, 0.3) is 11.0 Å². The van der Waals surface area contributed by atoms with E-state index in [0.29, 0.717) is 12.5 Å². The van der Waals surface area contributed by atoms with Crippen molar-refractivity contribution in [3.8, 4) is 0 Å². The van der Waals surface area contributed by atoms with Crippen LogP contribution in [0.4, 0.5) is 11.6 Å². The number of anilines is 2. The van der Waals surface area contributed by atoms with Gasteiger partial charge in [-0.1, -0.05) is 37.3 Å². The van der Waals surface area contributed by atoms with Crippen LogP contribution in [-0.4, -0.2) is 40.6 Å². The molecule has 2 atom stereocenters. The number of rotatable bonds is 6. The molecule has 0 radical (unpaired) electrons. The van der Waals surface area contributed by atoms with Crippen molar-refractivity contribution in [1.82, 2.24) is 9.55 Å². The second-order valence-corrected chi connectivity index (χ2v) is 8.13. The Morgan fingerprint density at radius 1 is 1.19 bits per heavy atom. The molecule has 2 aliphatic rings. The SMILES string of the molecule is CCc1ccccc1NC(=O)C[C@@H]1C(=O)N(C[C@@H]2CCCO2)c2nc3ccccc3n21. The van der Waals surface area contributed by atoms with Gasteiger partial charge in [-0.2, -0.15) is 0 Å². The fourth-order valence-corrected chi connectivity index (χ4v) is 4.59. The molecule has 1 N–H and O–H groups in total. The van der Waals surface area contributed by atoms with Crippen molar-refractivity contribution in [3.05, 3.63) is 54.1 Å². The van der Waals surface area contributed by atoms with Gasteiger partial charge in [0.1, 0.15) is 6.04 Å². The van der Waals surface area contributed by atoms with Crippen LogP contribution in [0.15, 0.2) is 48.5 Å². The summed E-state index contributed by atoms with van der Waals surface area (Å²) in [6.45, 7) is 3.25. The summed E-state index contributed by atoms with van der Waals surface area (Å²) in [6, 6.07) is 14.9. The van der Waals surface area contributed by atoms with Crippen molar-refractivity contribution < 1.29 is 14.3 Å². The van der Waals surface area contributed by atoms with E-state index in [0.717, 1.165) is 48.2 Å². The summed E-state index contributed by atoms with van der Waals surface area (Å²) in [6.07, 6.45) is 2.84. The Kier molecular flexibility index (Phi) is 5.19. The molecular weight excluding hydrogens is 392 g/mol. The maximum absolute atomic E-state index is 13.4. The number of imidazole rings is 1. The number of carbonyl (C=O) groups excluding carboxylic acids is 2. The minimum Gasteiger partial charge on any atom is -0.376 e. The van der Waals surface area contributed by atoms with Gasteiger partial charge in [-0.15, -0.1) is 0 Å².